The number of hydrogen-bond acceptors (Lipinski definition) is 3. The number of benzene rings is 1. The predicted molar refractivity (Wildman–Crippen MR) is 71.5 cm³/mol. The van der Waals surface area contributed by atoms with Crippen molar-refractivity contribution in [2.75, 3.05) is 18.4 Å². The molecule has 1 aliphatic heterocycles. The van der Waals surface area contributed by atoms with Crippen molar-refractivity contribution in [2.45, 2.75) is 32.4 Å². The molecule has 1 saturated heterocycles. The molecule has 0 atom stereocenters. The first-order valence-electron chi connectivity index (χ1n) is 6.55. The summed E-state index contributed by atoms with van der Waals surface area (Å²) in [6.45, 7) is 5.80. The number of likely N-dealkylation sites (tertiary alicyclic amines) is 1. The normalized spacial score (nSPS) is 15.6. The third-order valence-electron chi connectivity index (χ3n) is 2.89. The summed E-state index contributed by atoms with van der Waals surface area (Å²) in [5.74, 6) is -2.97. The standard InChI is InChI=1S/C14H17F3N2O2/c1-14(2,3)21-13(20)19-6-9(7-19)18-12-10(16)4-8(15)5-11(12)17/h4-5,9,18H,6-7H2,1-3H3. The molecule has 1 N–H and O–H groups in total. The Labute approximate surface area is 120 Å². The van der Waals surface area contributed by atoms with Gasteiger partial charge in [0.25, 0.3) is 0 Å². The van der Waals surface area contributed by atoms with Gasteiger partial charge in [0.15, 0.2) is 11.6 Å². The van der Waals surface area contributed by atoms with E-state index in [0.29, 0.717) is 12.1 Å². The molecule has 1 aliphatic rings. The lowest BCUT2D eigenvalue weighted by atomic mass is 10.1. The first kappa shape index (κ1) is 15.5. The molecule has 1 aromatic rings. The van der Waals surface area contributed by atoms with E-state index >= 15 is 0 Å². The Bertz CT molecular complexity index is 529. The zero-order chi connectivity index (χ0) is 15.8. The van der Waals surface area contributed by atoms with Crippen molar-refractivity contribution in [2.24, 2.45) is 0 Å². The van der Waals surface area contributed by atoms with Crippen LogP contribution in [0, 0.1) is 17.5 Å². The number of rotatable bonds is 2. The fourth-order valence-electron chi connectivity index (χ4n) is 1.93. The van der Waals surface area contributed by atoms with Crippen molar-refractivity contribution >= 4 is 11.8 Å². The lowest BCUT2D eigenvalue weighted by Gasteiger charge is -2.40. The number of carbonyl (C=O) groups excluding carboxylic acids is 1. The largest absolute Gasteiger partial charge is 0.444 e. The third kappa shape index (κ3) is 3.80. The van der Waals surface area contributed by atoms with Crippen LogP contribution in [0.2, 0.25) is 0 Å². The van der Waals surface area contributed by atoms with E-state index in [9.17, 15) is 18.0 Å². The van der Waals surface area contributed by atoms with Crippen LogP contribution in [0.15, 0.2) is 12.1 Å². The van der Waals surface area contributed by atoms with Crippen LogP contribution in [0.4, 0.5) is 23.7 Å². The van der Waals surface area contributed by atoms with Gasteiger partial charge in [0.05, 0.1) is 6.04 Å². The minimum Gasteiger partial charge on any atom is -0.444 e. The van der Waals surface area contributed by atoms with Gasteiger partial charge in [-0.3, -0.25) is 0 Å². The first-order chi connectivity index (χ1) is 9.65. The number of ether oxygens (including phenoxy) is 1. The van der Waals surface area contributed by atoms with Crippen molar-refractivity contribution in [1.82, 2.24) is 4.90 Å². The summed E-state index contributed by atoms with van der Waals surface area (Å²) >= 11 is 0. The Hall–Kier alpha value is -1.92. The molecule has 0 spiro atoms. The van der Waals surface area contributed by atoms with Gasteiger partial charge < -0.3 is 15.0 Å². The molecule has 7 heteroatoms. The molecule has 116 valence electrons. The van der Waals surface area contributed by atoms with Gasteiger partial charge >= 0.3 is 6.09 Å². The minimum absolute atomic E-state index is 0.269. The summed E-state index contributed by atoms with van der Waals surface area (Å²) in [6, 6.07) is 0.915. The molecular formula is C14H17F3N2O2. The average molecular weight is 302 g/mol. The summed E-state index contributed by atoms with van der Waals surface area (Å²) in [5, 5.41) is 2.62. The molecule has 0 unspecified atom stereocenters. The molecule has 0 aliphatic carbocycles. The highest BCUT2D eigenvalue weighted by Gasteiger charge is 2.34. The van der Waals surface area contributed by atoms with Crippen LogP contribution < -0.4 is 5.32 Å². The van der Waals surface area contributed by atoms with Crippen LogP contribution in [0.25, 0.3) is 0 Å². The first-order valence-corrected chi connectivity index (χ1v) is 6.55. The number of halogens is 3. The monoisotopic (exact) mass is 302 g/mol. The van der Waals surface area contributed by atoms with Crippen LogP contribution in [0.3, 0.4) is 0 Å². The maximum Gasteiger partial charge on any atom is 0.410 e. The number of hydrogen-bond donors (Lipinski definition) is 1. The summed E-state index contributed by atoms with van der Waals surface area (Å²) in [6.07, 6.45) is -0.472. The number of nitrogens with zero attached hydrogens (tertiary/aromatic N) is 1. The second-order valence-electron chi connectivity index (χ2n) is 5.97. The Kier molecular flexibility index (Phi) is 4.02. The van der Waals surface area contributed by atoms with Crippen LogP contribution >= 0.6 is 0 Å². The highest BCUT2D eigenvalue weighted by atomic mass is 19.1. The average Bonchev–Trinajstić information content (AvgIpc) is 2.21. The second kappa shape index (κ2) is 5.46. The Morgan fingerprint density at radius 1 is 1.24 bits per heavy atom. The number of anilines is 1. The van der Waals surface area contributed by atoms with E-state index in [1.807, 2.05) is 0 Å². The van der Waals surface area contributed by atoms with E-state index in [1.165, 1.54) is 4.90 Å². The molecule has 1 amide bonds. The van der Waals surface area contributed by atoms with Gasteiger partial charge in [0.2, 0.25) is 0 Å². The molecule has 1 fully saturated rings. The van der Waals surface area contributed by atoms with Crippen LogP contribution in [0.1, 0.15) is 20.8 Å². The van der Waals surface area contributed by atoms with Crippen molar-refractivity contribution in [3.8, 4) is 0 Å². The fourth-order valence-corrected chi connectivity index (χ4v) is 1.93. The Morgan fingerprint density at radius 2 is 1.76 bits per heavy atom. The van der Waals surface area contributed by atoms with E-state index in [0.717, 1.165) is 0 Å². The molecule has 0 radical (unpaired) electrons. The van der Waals surface area contributed by atoms with Gasteiger partial charge in [0, 0.05) is 25.2 Å². The van der Waals surface area contributed by atoms with Crippen LogP contribution in [0.5, 0.6) is 0 Å². The molecule has 21 heavy (non-hydrogen) atoms. The molecule has 0 aromatic heterocycles. The maximum absolute atomic E-state index is 13.5. The van der Waals surface area contributed by atoms with Crippen molar-refractivity contribution in [3.63, 3.8) is 0 Å². The molecule has 1 aromatic carbocycles. The molecular weight excluding hydrogens is 285 g/mol. The molecule has 2 rings (SSSR count). The summed E-state index contributed by atoms with van der Waals surface area (Å²) in [5.41, 5.74) is -0.977. The Balaban J connectivity index is 1.90. The number of amides is 1. The summed E-state index contributed by atoms with van der Waals surface area (Å²) < 4.78 is 44.9. The smallest absolute Gasteiger partial charge is 0.410 e. The Morgan fingerprint density at radius 3 is 2.24 bits per heavy atom. The third-order valence-corrected chi connectivity index (χ3v) is 2.89. The summed E-state index contributed by atoms with van der Waals surface area (Å²) in [4.78, 5) is 13.1. The minimum atomic E-state index is -0.997. The lowest BCUT2D eigenvalue weighted by molar-refractivity contribution is 0.0104. The molecule has 4 nitrogen and oxygen atoms in total. The van der Waals surface area contributed by atoms with Crippen molar-refractivity contribution in [1.29, 1.82) is 0 Å². The van der Waals surface area contributed by atoms with Gasteiger partial charge in [-0.2, -0.15) is 0 Å². The van der Waals surface area contributed by atoms with E-state index in [4.69, 9.17) is 4.74 Å². The van der Waals surface area contributed by atoms with E-state index < -0.39 is 29.1 Å². The highest BCUT2D eigenvalue weighted by Crippen LogP contribution is 2.24. The van der Waals surface area contributed by atoms with Crippen molar-refractivity contribution in [3.05, 3.63) is 29.6 Å². The quantitative estimate of drug-likeness (QED) is 0.912. The molecule has 0 saturated carbocycles. The van der Waals surface area contributed by atoms with E-state index in [-0.39, 0.29) is 24.8 Å². The maximum atomic E-state index is 13.5. The van der Waals surface area contributed by atoms with Crippen LogP contribution in [-0.4, -0.2) is 35.7 Å². The second-order valence-corrected chi connectivity index (χ2v) is 5.97. The van der Waals surface area contributed by atoms with Gasteiger partial charge in [-0.25, -0.2) is 18.0 Å². The molecule has 1 heterocycles. The zero-order valence-electron chi connectivity index (χ0n) is 12.0. The van der Waals surface area contributed by atoms with Gasteiger partial charge in [-0.15, -0.1) is 0 Å². The zero-order valence-corrected chi connectivity index (χ0v) is 12.0. The van der Waals surface area contributed by atoms with E-state index in [1.54, 1.807) is 20.8 Å². The SMILES string of the molecule is CC(C)(C)OC(=O)N1CC(Nc2c(F)cc(F)cc2F)C1. The van der Waals surface area contributed by atoms with Gasteiger partial charge in [-0.1, -0.05) is 0 Å². The number of carbonyl (C=O) groups is 1. The van der Waals surface area contributed by atoms with Crippen molar-refractivity contribution < 1.29 is 22.7 Å². The van der Waals surface area contributed by atoms with E-state index in [2.05, 4.69) is 5.32 Å². The topological polar surface area (TPSA) is 41.6 Å². The highest BCUT2D eigenvalue weighted by molar-refractivity contribution is 5.69. The lowest BCUT2D eigenvalue weighted by Crippen LogP contribution is -2.58. The summed E-state index contributed by atoms with van der Waals surface area (Å²) in [7, 11) is 0. The fraction of sp³-hybridized carbons (Fsp3) is 0.500. The van der Waals surface area contributed by atoms with Crippen LogP contribution in [-0.2, 0) is 4.74 Å². The van der Waals surface area contributed by atoms with Gasteiger partial charge in [0.1, 0.15) is 17.1 Å². The predicted octanol–water partition coefficient (Wildman–Crippen LogP) is 3.14. The molecule has 0 bridgehead atoms. The number of nitrogens with one attached hydrogen (secondary N) is 1. The van der Waals surface area contributed by atoms with Gasteiger partial charge in [-0.05, 0) is 20.8 Å².